The Labute approximate surface area is 104 Å². The molecule has 0 amide bonds. The first-order valence-corrected chi connectivity index (χ1v) is 6.08. The Morgan fingerprint density at radius 2 is 1.65 bits per heavy atom. The van der Waals surface area contributed by atoms with Crippen molar-refractivity contribution < 1.29 is 9.53 Å². The van der Waals surface area contributed by atoms with Crippen LogP contribution in [0.2, 0.25) is 0 Å². The monoisotopic (exact) mass is 234 g/mol. The van der Waals surface area contributed by atoms with Gasteiger partial charge in [0.15, 0.2) is 0 Å². The molecule has 0 saturated carbocycles. The van der Waals surface area contributed by atoms with Gasteiger partial charge in [0.25, 0.3) is 0 Å². The lowest BCUT2D eigenvalue weighted by atomic mass is 9.90. The second-order valence-electron chi connectivity index (χ2n) is 5.69. The molecule has 0 bridgehead atoms. The molecule has 94 valence electrons. The SMILES string of the molecule is CC(C)C(C=O)c1ccc(OC(C)(C)C)cc1. The van der Waals surface area contributed by atoms with Crippen molar-refractivity contribution >= 4 is 6.29 Å². The summed E-state index contributed by atoms with van der Waals surface area (Å²) in [5, 5.41) is 0. The molecule has 2 nitrogen and oxygen atoms in total. The molecule has 0 saturated heterocycles. The predicted octanol–water partition coefficient (Wildman–Crippen LogP) is 3.80. The van der Waals surface area contributed by atoms with Crippen LogP contribution in [0.1, 0.15) is 46.1 Å². The molecule has 1 atom stereocenters. The average Bonchev–Trinajstić information content (AvgIpc) is 2.18. The maximum Gasteiger partial charge on any atom is 0.127 e. The van der Waals surface area contributed by atoms with Gasteiger partial charge in [-0.3, -0.25) is 0 Å². The van der Waals surface area contributed by atoms with Gasteiger partial charge in [0.1, 0.15) is 17.6 Å². The summed E-state index contributed by atoms with van der Waals surface area (Å²) < 4.78 is 5.74. The molecule has 1 unspecified atom stereocenters. The van der Waals surface area contributed by atoms with E-state index in [1.165, 1.54) is 0 Å². The van der Waals surface area contributed by atoms with Gasteiger partial charge >= 0.3 is 0 Å². The van der Waals surface area contributed by atoms with E-state index < -0.39 is 0 Å². The lowest BCUT2D eigenvalue weighted by Gasteiger charge is -2.22. The van der Waals surface area contributed by atoms with E-state index in [1.54, 1.807) is 0 Å². The van der Waals surface area contributed by atoms with Crippen molar-refractivity contribution in [1.29, 1.82) is 0 Å². The number of carbonyl (C=O) groups is 1. The summed E-state index contributed by atoms with van der Waals surface area (Å²) >= 11 is 0. The maximum absolute atomic E-state index is 11.0. The standard InChI is InChI=1S/C15H22O2/c1-11(2)14(10-16)12-6-8-13(9-7-12)17-15(3,4)5/h6-11,14H,1-5H3. The van der Waals surface area contributed by atoms with Crippen molar-refractivity contribution in [3.63, 3.8) is 0 Å². The van der Waals surface area contributed by atoms with Gasteiger partial charge in [-0.1, -0.05) is 26.0 Å². The number of hydrogen-bond acceptors (Lipinski definition) is 2. The van der Waals surface area contributed by atoms with Crippen molar-refractivity contribution in [2.24, 2.45) is 5.92 Å². The maximum atomic E-state index is 11.0. The van der Waals surface area contributed by atoms with E-state index in [1.807, 2.05) is 45.0 Å². The van der Waals surface area contributed by atoms with Gasteiger partial charge < -0.3 is 9.53 Å². The van der Waals surface area contributed by atoms with Gasteiger partial charge in [-0.05, 0) is 44.4 Å². The third kappa shape index (κ3) is 4.22. The Balaban J connectivity index is 2.84. The first-order valence-electron chi connectivity index (χ1n) is 6.08. The van der Waals surface area contributed by atoms with Crippen LogP contribution in [0.3, 0.4) is 0 Å². The minimum Gasteiger partial charge on any atom is -0.488 e. The van der Waals surface area contributed by atoms with Crippen LogP contribution in [0.15, 0.2) is 24.3 Å². The summed E-state index contributed by atoms with van der Waals surface area (Å²) in [5.74, 6) is 1.13. The molecule has 0 aliphatic carbocycles. The molecular formula is C15H22O2. The second-order valence-corrected chi connectivity index (χ2v) is 5.69. The second kappa shape index (κ2) is 5.35. The van der Waals surface area contributed by atoms with Crippen molar-refractivity contribution in [3.05, 3.63) is 29.8 Å². The molecule has 17 heavy (non-hydrogen) atoms. The fraction of sp³-hybridized carbons (Fsp3) is 0.533. The van der Waals surface area contributed by atoms with Crippen LogP contribution in [-0.4, -0.2) is 11.9 Å². The third-order valence-electron chi connectivity index (χ3n) is 2.55. The van der Waals surface area contributed by atoms with Gasteiger partial charge in [0, 0.05) is 5.92 Å². The van der Waals surface area contributed by atoms with Gasteiger partial charge in [0.05, 0.1) is 0 Å². The van der Waals surface area contributed by atoms with E-state index in [0.717, 1.165) is 17.6 Å². The largest absolute Gasteiger partial charge is 0.488 e. The number of rotatable bonds is 4. The molecule has 0 aliphatic rings. The molecule has 0 fully saturated rings. The zero-order valence-electron chi connectivity index (χ0n) is 11.4. The number of benzene rings is 1. The topological polar surface area (TPSA) is 26.3 Å². The normalized spacial score (nSPS) is 13.5. The van der Waals surface area contributed by atoms with Gasteiger partial charge in [-0.2, -0.15) is 0 Å². The molecular weight excluding hydrogens is 212 g/mol. The van der Waals surface area contributed by atoms with Crippen LogP contribution in [0, 0.1) is 5.92 Å². The zero-order valence-corrected chi connectivity index (χ0v) is 11.4. The fourth-order valence-electron chi connectivity index (χ4n) is 1.73. The van der Waals surface area contributed by atoms with Crippen molar-refractivity contribution in [2.45, 2.75) is 46.1 Å². The zero-order chi connectivity index (χ0) is 13.1. The molecule has 0 spiro atoms. The van der Waals surface area contributed by atoms with E-state index in [0.29, 0.717) is 5.92 Å². The summed E-state index contributed by atoms with van der Waals surface area (Å²) in [6.45, 7) is 10.2. The van der Waals surface area contributed by atoms with Crippen LogP contribution in [-0.2, 0) is 4.79 Å². The Bertz CT molecular complexity index is 358. The highest BCUT2D eigenvalue weighted by Crippen LogP contribution is 2.25. The first kappa shape index (κ1) is 13.8. The lowest BCUT2D eigenvalue weighted by Crippen LogP contribution is -2.22. The van der Waals surface area contributed by atoms with E-state index in [4.69, 9.17) is 4.74 Å². The van der Waals surface area contributed by atoms with Crippen molar-refractivity contribution in [1.82, 2.24) is 0 Å². The fourth-order valence-corrected chi connectivity index (χ4v) is 1.73. The van der Waals surface area contributed by atoms with E-state index in [2.05, 4.69) is 13.8 Å². The van der Waals surface area contributed by atoms with Crippen molar-refractivity contribution in [3.8, 4) is 5.75 Å². The molecule has 0 heterocycles. The molecule has 1 aromatic carbocycles. The Morgan fingerprint density at radius 1 is 1.12 bits per heavy atom. The third-order valence-corrected chi connectivity index (χ3v) is 2.55. The number of hydrogen-bond donors (Lipinski definition) is 0. The molecule has 0 aromatic heterocycles. The first-order chi connectivity index (χ1) is 7.83. The Morgan fingerprint density at radius 3 is 2.00 bits per heavy atom. The summed E-state index contributed by atoms with van der Waals surface area (Å²) in [5.41, 5.74) is 0.861. The Kier molecular flexibility index (Phi) is 4.33. The number of carbonyl (C=O) groups excluding carboxylic acids is 1. The van der Waals surface area contributed by atoms with Crippen LogP contribution < -0.4 is 4.74 Å². The summed E-state index contributed by atoms with van der Waals surface area (Å²) in [6, 6.07) is 7.80. The number of aldehydes is 1. The quantitative estimate of drug-likeness (QED) is 0.741. The molecule has 1 aromatic rings. The lowest BCUT2D eigenvalue weighted by molar-refractivity contribution is -0.109. The molecule has 2 heteroatoms. The van der Waals surface area contributed by atoms with E-state index >= 15 is 0 Å². The van der Waals surface area contributed by atoms with Gasteiger partial charge in [-0.25, -0.2) is 0 Å². The van der Waals surface area contributed by atoms with Crippen LogP contribution in [0.5, 0.6) is 5.75 Å². The van der Waals surface area contributed by atoms with E-state index in [9.17, 15) is 4.79 Å². The summed E-state index contributed by atoms with van der Waals surface area (Å²) in [7, 11) is 0. The smallest absolute Gasteiger partial charge is 0.127 e. The predicted molar refractivity (Wildman–Crippen MR) is 70.5 cm³/mol. The van der Waals surface area contributed by atoms with Crippen LogP contribution in [0.25, 0.3) is 0 Å². The molecule has 0 aliphatic heterocycles. The Hall–Kier alpha value is -1.31. The highest BCUT2D eigenvalue weighted by atomic mass is 16.5. The highest BCUT2D eigenvalue weighted by Gasteiger charge is 2.16. The highest BCUT2D eigenvalue weighted by molar-refractivity contribution is 5.62. The van der Waals surface area contributed by atoms with Gasteiger partial charge in [0.2, 0.25) is 0 Å². The molecule has 0 N–H and O–H groups in total. The van der Waals surface area contributed by atoms with Crippen LogP contribution >= 0.6 is 0 Å². The van der Waals surface area contributed by atoms with Crippen molar-refractivity contribution in [2.75, 3.05) is 0 Å². The van der Waals surface area contributed by atoms with Gasteiger partial charge in [-0.15, -0.1) is 0 Å². The minimum atomic E-state index is -0.191. The number of ether oxygens (including phenoxy) is 1. The summed E-state index contributed by atoms with van der Waals surface area (Å²) in [4.78, 5) is 11.0. The molecule has 1 rings (SSSR count). The summed E-state index contributed by atoms with van der Waals surface area (Å²) in [6.07, 6.45) is 1.02. The average molecular weight is 234 g/mol. The molecule has 0 radical (unpaired) electrons. The van der Waals surface area contributed by atoms with Crippen LogP contribution in [0.4, 0.5) is 0 Å². The minimum absolute atomic E-state index is 0.0290. The van der Waals surface area contributed by atoms with E-state index in [-0.39, 0.29) is 11.5 Å².